The normalized spacial score (nSPS) is 14.2. The van der Waals surface area contributed by atoms with Crippen molar-refractivity contribution in [2.75, 3.05) is 23.3 Å². The highest BCUT2D eigenvalue weighted by Crippen LogP contribution is 2.33. The zero-order valence-electron chi connectivity index (χ0n) is 15.8. The molecule has 0 bridgehead atoms. The van der Waals surface area contributed by atoms with E-state index in [4.69, 9.17) is 11.6 Å². The summed E-state index contributed by atoms with van der Waals surface area (Å²) in [6.07, 6.45) is 3.17. The predicted octanol–water partition coefficient (Wildman–Crippen LogP) is 5.41. The van der Waals surface area contributed by atoms with Gasteiger partial charge in [0.2, 0.25) is 0 Å². The number of thiazole rings is 1. The summed E-state index contributed by atoms with van der Waals surface area (Å²) in [4.78, 5) is 30.3. The fourth-order valence-corrected chi connectivity index (χ4v) is 4.61. The maximum Gasteiger partial charge on any atom is 0.293 e. The maximum atomic E-state index is 12.7. The molecule has 0 radical (unpaired) electrons. The highest BCUT2D eigenvalue weighted by Gasteiger charge is 2.23. The molecule has 1 aliphatic rings. The topological polar surface area (TPSA) is 88.4 Å². The highest BCUT2D eigenvalue weighted by atomic mass is 35.5. The quantitative estimate of drug-likeness (QED) is 0.441. The van der Waals surface area contributed by atoms with Gasteiger partial charge in [0.05, 0.1) is 15.1 Å². The van der Waals surface area contributed by atoms with Gasteiger partial charge in [-0.1, -0.05) is 22.9 Å². The Hall–Kier alpha value is -2.71. The fraction of sp³-hybridized carbons (Fsp3) is 0.300. The average Bonchev–Trinajstić information content (AvgIpc) is 3.14. The number of aromatic nitrogens is 1. The predicted molar refractivity (Wildman–Crippen MR) is 116 cm³/mol. The van der Waals surface area contributed by atoms with E-state index in [1.807, 2.05) is 17.9 Å². The molecule has 0 unspecified atom stereocenters. The van der Waals surface area contributed by atoms with Crippen molar-refractivity contribution >= 4 is 55.6 Å². The number of nitro benzene ring substituents is 1. The Morgan fingerprint density at radius 3 is 2.72 bits per heavy atom. The van der Waals surface area contributed by atoms with Gasteiger partial charge in [0, 0.05) is 29.7 Å². The second kappa shape index (κ2) is 7.96. The van der Waals surface area contributed by atoms with E-state index in [0.717, 1.165) is 48.1 Å². The minimum atomic E-state index is -0.430. The third-order valence-electron chi connectivity index (χ3n) is 5.10. The number of carbonyl (C=O) groups excluding carboxylic acids is 1. The summed E-state index contributed by atoms with van der Waals surface area (Å²) in [5, 5.41) is 15.4. The first-order valence-electron chi connectivity index (χ1n) is 9.34. The van der Waals surface area contributed by atoms with Crippen LogP contribution in [0.15, 0.2) is 30.3 Å². The molecule has 1 aromatic heterocycles. The van der Waals surface area contributed by atoms with Gasteiger partial charge in [0.25, 0.3) is 11.6 Å². The van der Waals surface area contributed by atoms with Crippen molar-refractivity contribution in [2.24, 2.45) is 0 Å². The number of nitro groups is 1. The Morgan fingerprint density at radius 1 is 1.24 bits per heavy atom. The number of nitrogens with one attached hydrogen (secondary N) is 1. The Morgan fingerprint density at radius 2 is 2.00 bits per heavy atom. The van der Waals surface area contributed by atoms with Gasteiger partial charge in [-0.2, -0.15) is 0 Å². The summed E-state index contributed by atoms with van der Waals surface area (Å²) in [7, 11) is 0. The van der Waals surface area contributed by atoms with Gasteiger partial charge >= 0.3 is 0 Å². The van der Waals surface area contributed by atoms with Gasteiger partial charge in [-0.25, -0.2) is 4.98 Å². The number of anilines is 2. The number of amides is 1. The molecule has 4 rings (SSSR count). The zero-order chi connectivity index (χ0) is 20.5. The molecule has 29 heavy (non-hydrogen) atoms. The number of hydrogen-bond acceptors (Lipinski definition) is 6. The molecule has 0 atom stereocenters. The second-order valence-electron chi connectivity index (χ2n) is 7.00. The Labute approximate surface area is 176 Å². The van der Waals surface area contributed by atoms with Gasteiger partial charge in [0.15, 0.2) is 5.13 Å². The van der Waals surface area contributed by atoms with Crippen LogP contribution in [-0.2, 0) is 0 Å². The lowest BCUT2D eigenvalue weighted by molar-refractivity contribution is -0.384. The number of nitrogens with zero attached hydrogens (tertiary/aromatic N) is 3. The van der Waals surface area contributed by atoms with Crippen molar-refractivity contribution in [2.45, 2.75) is 26.2 Å². The minimum absolute atomic E-state index is 0.0496. The molecule has 3 aromatic rings. The number of hydrogen-bond donors (Lipinski definition) is 1. The van der Waals surface area contributed by atoms with E-state index < -0.39 is 10.8 Å². The monoisotopic (exact) mass is 430 g/mol. The molecular weight excluding hydrogens is 412 g/mol. The van der Waals surface area contributed by atoms with Crippen LogP contribution in [-0.4, -0.2) is 28.9 Å². The Bertz CT molecular complexity index is 1110. The largest absolute Gasteiger partial charge is 0.366 e. The van der Waals surface area contributed by atoms with Crippen LogP contribution in [0.5, 0.6) is 0 Å². The first kappa shape index (κ1) is 19.6. The van der Waals surface area contributed by atoms with Gasteiger partial charge in [-0.3, -0.25) is 20.2 Å². The van der Waals surface area contributed by atoms with Gasteiger partial charge in [0.1, 0.15) is 5.69 Å². The number of fused-ring (bicyclic) bond motifs is 1. The number of benzene rings is 2. The summed E-state index contributed by atoms with van der Waals surface area (Å²) >= 11 is 7.47. The average molecular weight is 431 g/mol. The molecule has 0 aliphatic carbocycles. The van der Waals surface area contributed by atoms with Gasteiger partial charge in [-0.15, -0.1) is 0 Å². The van der Waals surface area contributed by atoms with Crippen LogP contribution in [0.3, 0.4) is 0 Å². The molecule has 2 aromatic carbocycles. The number of piperidine rings is 1. The summed E-state index contributed by atoms with van der Waals surface area (Å²) in [5.41, 5.74) is 2.33. The fourth-order valence-electron chi connectivity index (χ4n) is 3.54. The molecule has 0 saturated carbocycles. The number of halogens is 1. The van der Waals surface area contributed by atoms with E-state index in [0.29, 0.717) is 15.8 Å². The molecule has 1 amide bonds. The van der Waals surface area contributed by atoms with Crippen LogP contribution in [0, 0.1) is 17.0 Å². The van der Waals surface area contributed by atoms with Gasteiger partial charge < -0.3 is 4.90 Å². The van der Waals surface area contributed by atoms with Crippen LogP contribution in [0.4, 0.5) is 16.5 Å². The van der Waals surface area contributed by atoms with E-state index in [9.17, 15) is 14.9 Å². The van der Waals surface area contributed by atoms with E-state index in [1.54, 1.807) is 18.2 Å². The maximum absolute atomic E-state index is 12.7. The SMILES string of the molecule is Cc1c(Cl)ccc2sc(NC(=O)c3ccc(N4CCCCC4)c([N+](=O)[O-])c3)nc12. The third kappa shape index (κ3) is 3.90. The lowest BCUT2D eigenvalue weighted by Gasteiger charge is -2.28. The molecule has 7 nitrogen and oxygen atoms in total. The lowest BCUT2D eigenvalue weighted by atomic mass is 10.1. The van der Waals surface area contributed by atoms with Crippen molar-refractivity contribution in [1.29, 1.82) is 0 Å². The molecule has 150 valence electrons. The molecule has 1 saturated heterocycles. The lowest BCUT2D eigenvalue weighted by Crippen LogP contribution is -2.30. The van der Waals surface area contributed by atoms with Crippen LogP contribution in [0.2, 0.25) is 5.02 Å². The molecular formula is C20H19ClN4O3S. The highest BCUT2D eigenvalue weighted by molar-refractivity contribution is 7.22. The van der Waals surface area contributed by atoms with Crippen LogP contribution >= 0.6 is 22.9 Å². The molecule has 1 fully saturated rings. The van der Waals surface area contributed by atoms with Crippen molar-refractivity contribution in [1.82, 2.24) is 4.98 Å². The first-order chi connectivity index (χ1) is 13.9. The van der Waals surface area contributed by atoms with Crippen molar-refractivity contribution in [3.05, 3.63) is 56.6 Å². The Kier molecular flexibility index (Phi) is 5.38. The summed E-state index contributed by atoms with van der Waals surface area (Å²) < 4.78 is 0.911. The van der Waals surface area contributed by atoms with E-state index in [-0.39, 0.29) is 11.3 Å². The summed E-state index contributed by atoms with van der Waals surface area (Å²) in [5.74, 6) is -0.430. The summed E-state index contributed by atoms with van der Waals surface area (Å²) in [6, 6.07) is 8.29. The van der Waals surface area contributed by atoms with Crippen molar-refractivity contribution in [3.63, 3.8) is 0 Å². The smallest absolute Gasteiger partial charge is 0.293 e. The molecule has 2 heterocycles. The molecule has 9 heteroatoms. The van der Waals surface area contributed by atoms with E-state index in [1.165, 1.54) is 17.4 Å². The van der Waals surface area contributed by atoms with Crippen molar-refractivity contribution in [3.8, 4) is 0 Å². The van der Waals surface area contributed by atoms with Crippen LogP contribution in [0.1, 0.15) is 35.2 Å². The van der Waals surface area contributed by atoms with E-state index in [2.05, 4.69) is 10.3 Å². The zero-order valence-corrected chi connectivity index (χ0v) is 17.3. The number of rotatable bonds is 4. The second-order valence-corrected chi connectivity index (χ2v) is 8.44. The molecule has 1 N–H and O–H groups in total. The standard InChI is InChI=1S/C20H19ClN4O3S/c1-12-14(21)6-8-17-18(12)22-20(29-17)23-19(26)13-5-7-15(16(11-13)25(27)28)24-9-3-2-4-10-24/h5-8,11H,2-4,9-10H2,1H3,(H,22,23,26). The van der Waals surface area contributed by atoms with Crippen LogP contribution < -0.4 is 10.2 Å². The molecule has 0 spiro atoms. The molecule has 1 aliphatic heterocycles. The Balaban J connectivity index is 1.61. The first-order valence-corrected chi connectivity index (χ1v) is 10.5. The third-order valence-corrected chi connectivity index (χ3v) is 6.44. The van der Waals surface area contributed by atoms with Crippen molar-refractivity contribution < 1.29 is 9.72 Å². The van der Waals surface area contributed by atoms with Gasteiger partial charge in [-0.05, 0) is 56.0 Å². The number of carbonyl (C=O) groups is 1. The summed E-state index contributed by atoms with van der Waals surface area (Å²) in [6.45, 7) is 3.46. The van der Waals surface area contributed by atoms with Crippen LogP contribution in [0.25, 0.3) is 10.2 Å². The number of aryl methyl sites for hydroxylation is 1. The van der Waals surface area contributed by atoms with E-state index >= 15 is 0 Å². The minimum Gasteiger partial charge on any atom is -0.366 e.